The van der Waals surface area contributed by atoms with Crippen LogP contribution in [-0.2, 0) is 4.65 Å². The van der Waals surface area contributed by atoms with Crippen molar-refractivity contribution in [3.05, 3.63) is 30.3 Å². The van der Waals surface area contributed by atoms with Gasteiger partial charge in [0.2, 0.25) is 0 Å². The molecule has 0 aromatic heterocycles. The van der Waals surface area contributed by atoms with Gasteiger partial charge in [-0.15, -0.1) is 0 Å². The van der Waals surface area contributed by atoms with Gasteiger partial charge >= 0.3 is 7.12 Å². The number of rotatable bonds is 5. The van der Waals surface area contributed by atoms with Crippen molar-refractivity contribution in [2.24, 2.45) is 11.8 Å². The molecule has 0 spiro atoms. The van der Waals surface area contributed by atoms with Crippen molar-refractivity contribution in [3.8, 4) is 0 Å². The Bertz CT molecular complexity index is 330. The maximum absolute atomic E-state index is 10.4. The van der Waals surface area contributed by atoms with Crippen molar-refractivity contribution in [2.75, 3.05) is 0 Å². The van der Waals surface area contributed by atoms with Crippen LogP contribution in [0, 0.1) is 11.8 Å². The third kappa shape index (κ3) is 3.31. The van der Waals surface area contributed by atoms with Gasteiger partial charge in [0.05, 0.1) is 0 Å². The second kappa shape index (κ2) is 5.67. The van der Waals surface area contributed by atoms with Gasteiger partial charge in [0.15, 0.2) is 5.79 Å². The maximum atomic E-state index is 10.4. The van der Waals surface area contributed by atoms with Crippen LogP contribution in [0.25, 0.3) is 0 Å². The Labute approximate surface area is 104 Å². The molecule has 0 heterocycles. The molecular weight excluding hydrogens is 215 g/mol. The summed E-state index contributed by atoms with van der Waals surface area (Å²) in [4.78, 5) is 0. The Balaban J connectivity index is 2.82. The molecule has 17 heavy (non-hydrogen) atoms. The topological polar surface area (TPSA) is 49.7 Å². The first kappa shape index (κ1) is 14.2. The summed E-state index contributed by atoms with van der Waals surface area (Å²) in [5.74, 6) is -1.52. The average molecular weight is 236 g/mol. The van der Waals surface area contributed by atoms with E-state index in [0.29, 0.717) is 5.46 Å². The summed E-state index contributed by atoms with van der Waals surface area (Å²) in [7, 11) is -1.11. The minimum absolute atomic E-state index is 0.0964. The fourth-order valence-corrected chi connectivity index (χ4v) is 1.80. The Hall–Kier alpha value is -0.835. The highest BCUT2D eigenvalue weighted by Crippen LogP contribution is 2.27. The van der Waals surface area contributed by atoms with E-state index < -0.39 is 12.9 Å². The van der Waals surface area contributed by atoms with Crippen molar-refractivity contribution in [3.63, 3.8) is 0 Å². The van der Waals surface area contributed by atoms with Crippen LogP contribution < -0.4 is 5.46 Å². The lowest BCUT2D eigenvalue weighted by Gasteiger charge is -2.37. The molecule has 1 aromatic rings. The first-order valence-electron chi connectivity index (χ1n) is 6.01. The lowest BCUT2D eigenvalue weighted by atomic mass is 9.77. The number of hydrogen-bond donors (Lipinski definition) is 2. The van der Waals surface area contributed by atoms with Gasteiger partial charge in [-0.3, -0.25) is 0 Å². The van der Waals surface area contributed by atoms with Crippen LogP contribution in [0.3, 0.4) is 0 Å². The molecule has 94 valence electrons. The van der Waals surface area contributed by atoms with Crippen molar-refractivity contribution in [1.82, 2.24) is 0 Å². The first-order chi connectivity index (χ1) is 7.88. The molecule has 0 aliphatic heterocycles. The zero-order valence-corrected chi connectivity index (χ0v) is 10.9. The molecule has 0 saturated carbocycles. The van der Waals surface area contributed by atoms with Crippen molar-refractivity contribution < 1.29 is 14.8 Å². The molecule has 0 radical (unpaired) electrons. The zero-order chi connectivity index (χ0) is 13.1. The molecule has 0 saturated heterocycles. The Morgan fingerprint density at radius 3 is 1.94 bits per heavy atom. The normalized spacial score (nSPS) is 12.2. The summed E-state index contributed by atoms with van der Waals surface area (Å²) >= 11 is 0. The summed E-state index contributed by atoms with van der Waals surface area (Å²) in [6, 6.07) is 9.06. The zero-order valence-electron chi connectivity index (χ0n) is 10.9. The van der Waals surface area contributed by atoms with Gasteiger partial charge in [0.25, 0.3) is 0 Å². The van der Waals surface area contributed by atoms with E-state index in [4.69, 9.17) is 4.65 Å². The number of aliphatic hydroxyl groups is 1. The molecule has 0 unspecified atom stereocenters. The Kier molecular flexibility index (Phi) is 4.75. The van der Waals surface area contributed by atoms with E-state index in [1.807, 2.05) is 45.9 Å². The predicted octanol–water partition coefficient (Wildman–Crippen LogP) is 1.39. The molecule has 4 heteroatoms. The lowest BCUT2D eigenvalue weighted by Crippen LogP contribution is -2.51. The van der Waals surface area contributed by atoms with Crippen LogP contribution in [0.4, 0.5) is 0 Å². The maximum Gasteiger partial charge on any atom is 0.493 e. The average Bonchev–Trinajstić information content (AvgIpc) is 2.29. The van der Waals surface area contributed by atoms with E-state index in [1.165, 1.54) is 0 Å². The van der Waals surface area contributed by atoms with Gasteiger partial charge in [-0.2, -0.15) is 0 Å². The van der Waals surface area contributed by atoms with Gasteiger partial charge in [0, 0.05) is 11.8 Å². The van der Waals surface area contributed by atoms with Crippen LogP contribution in [0.15, 0.2) is 30.3 Å². The number of benzene rings is 1. The van der Waals surface area contributed by atoms with Crippen LogP contribution >= 0.6 is 0 Å². The van der Waals surface area contributed by atoms with Crippen LogP contribution in [0.5, 0.6) is 0 Å². The second-order valence-corrected chi connectivity index (χ2v) is 4.94. The Morgan fingerprint density at radius 2 is 1.53 bits per heavy atom. The molecule has 0 aliphatic carbocycles. The lowest BCUT2D eigenvalue weighted by molar-refractivity contribution is -0.208. The fourth-order valence-electron chi connectivity index (χ4n) is 1.80. The van der Waals surface area contributed by atoms with Crippen molar-refractivity contribution in [1.29, 1.82) is 0 Å². The Morgan fingerprint density at radius 1 is 1.06 bits per heavy atom. The first-order valence-corrected chi connectivity index (χ1v) is 6.01. The van der Waals surface area contributed by atoms with Gasteiger partial charge in [-0.05, 0) is 5.46 Å². The molecule has 0 aliphatic rings. The highest BCUT2D eigenvalue weighted by Gasteiger charge is 2.39. The molecule has 2 N–H and O–H groups in total. The monoisotopic (exact) mass is 236 g/mol. The van der Waals surface area contributed by atoms with E-state index in [0.717, 1.165) is 0 Å². The van der Waals surface area contributed by atoms with E-state index >= 15 is 0 Å². The molecule has 0 bridgehead atoms. The van der Waals surface area contributed by atoms with Gasteiger partial charge < -0.3 is 14.8 Å². The van der Waals surface area contributed by atoms with Gasteiger partial charge in [0.1, 0.15) is 0 Å². The van der Waals surface area contributed by atoms with Gasteiger partial charge in [-0.25, -0.2) is 0 Å². The predicted molar refractivity (Wildman–Crippen MR) is 69.8 cm³/mol. The van der Waals surface area contributed by atoms with Crippen molar-refractivity contribution >= 4 is 12.6 Å². The van der Waals surface area contributed by atoms with Crippen LogP contribution in [-0.4, -0.2) is 23.0 Å². The molecular formula is C13H21BO3. The number of hydrogen-bond acceptors (Lipinski definition) is 3. The third-order valence-electron chi connectivity index (χ3n) is 3.04. The molecule has 0 amide bonds. The molecule has 3 nitrogen and oxygen atoms in total. The van der Waals surface area contributed by atoms with E-state index in [2.05, 4.69) is 0 Å². The minimum Gasteiger partial charge on any atom is -0.423 e. The van der Waals surface area contributed by atoms with Gasteiger partial charge in [-0.1, -0.05) is 58.0 Å². The highest BCUT2D eigenvalue weighted by atomic mass is 16.6. The third-order valence-corrected chi connectivity index (χ3v) is 3.04. The summed E-state index contributed by atoms with van der Waals surface area (Å²) < 4.78 is 5.46. The second-order valence-electron chi connectivity index (χ2n) is 4.94. The quantitative estimate of drug-likeness (QED) is 0.600. The summed E-state index contributed by atoms with van der Waals surface area (Å²) in [5.41, 5.74) is 0.646. The smallest absolute Gasteiger partial charge is 0.423 e. The SMILES string of the molecule is CC(C)C(O)(OB(O)c1ccccc1)C(C)C. The standard InChI is InChI=1S/C13H21BO3/c1-10(2)13(15,11(3)4)17-14(16)12-8-6-5-7-9-12/h5-11,15-16H,1-4H3. The minimum atomic E-state index is -1.32. The fraction of sp³-hybridized carbons (Fsp3) is 0.538. The molecule has 1 aromatic carbocycles. The summed E-state index contributed by atoms with van der Waals surface area (Å²) in [5, 5.41) is 20.4. The van der Waals surface area contributed by atoms with Crippen LogP contribution in [0.1, 0.15) is 27.7 Å². The summed E-state index contributed by atoms with van der Waals surface area (Å²) in [6.07, 6.45) is 0. The van der Waals surface area contributed by atoms with Crippen LogP contribution in [0.2, 0.25) is 0 Å². The van der Waals surface area contributed by atoms with Crippen molar-refractivity contribution in [2.45, 2.75) is 33.5 Å². The largest absolute Gasteiger partial charge is 0.493 e. The highest BCUT2D eigenvalue weighted by molar-refractivity contribution is 6.60. The van der Waals surface area contributed by atoms with E-state index in [9.17, 15) is 10.1 Å². The van der Waals surface area contributed by atoms with E-state index in [-0.39, 0.29) is 11.8 Å². The molecule has 1 rings (SSSR count). The van der Waals surface area contributed by atoms with E-state index in [1.54, 1.807) is 12.1 Å². The molecule has 0 atom stereocenters. The summed E-state index contributed by atoms with van der Waals surface area (Å²) in [6.45, 7) is 7.49. The molecule has 0 fully saturated rings.